The maximum Gasteiger partial charge on any atom is 0.136 e. The Morgan fingerprint density at radius 1 is 0.673 bits per heavy atom. The molecule has 5 aromatic carbocycles. The Balaban J connectivity index is 0.000000211. The van der Waals surface area contributed by atoms with Gasteiger partial charge in [0.05, 0.1) is 0 Å². The standard InChI is InChI=1S/C32H26NO.C13H12N.Ir/c1-32(2,3)20-21-17-18-33-28(19-21)23-13-11-22(12-14-23)24-8-6-9-26-25(24)15-16-30-31(26)27-7-4-5-10-29(27)34-30;1-10-3-6-12(7-4-10)13-8-5-11(2)9-14-13;/h4-13,15-19H,20H2,1-3H3;3-6,8-9H,1-2H3;/q2*-1;/i;1D3,2D3;. The second kappa shape index (κ2) is 14.3. The van der Waals surface area contributed by atoms with Crippen LogP contribution in [-0.2, 0) is 26.5 Å². The average molecular weight is 821 g/mol. The largest absolute Gasteiger partial charge is 0.456 e. The van der Waals surface area contributed by atoms with Crippen LogP contribution in [0.5, 0.6) is 0 Å². The summed E-state index contributed by atoms with van der Waals surface area (Å²) in [6, 6.07) is 43.6. The molecule has 0 atom stereocenters. The van der Waals surface area contributed by atoms with Gasteiger partial charge in [-0.05, 0) is 64.6 Å². The van der Waals surface area contributed by atoms with Crippen LogP contribution in [0.1, 0.15) is 45.7 Å². The van der Waals surface area contributed by atoms with E-state index in [1.54, 1.807) is 12.1 Å². The summed E-state index contributed by atoms with van der Waals surface area (Å²) in [5.41, 5.74) is 9.27. The van der Waals surface area contributed by atoms with Crippen LogP contribution in [0.4, 0.5) is 0 Å². The van der Waals surface area contributed by atoms with Gasteiger partial charge in [-0.1, -0.05) is 105 Å². The van der Waals surface area contributed by atoms with E-state index in [-0.39, 0.29) is 36.6 Å². The van der Waals surface area contributed by atoms with Crippen LogP contribution in [0.2, 0.25) is 0 Å². The number of furan rings is 1. The number of pyridine rings is 2. The second-order valence-corrected chi connectivity index (χ2v) is 13.1. The summed E-state index contributed by atoms with van der Waals surface area (Å²) in [5, 5.41) is 4.76. The van der Waals surface area contributed by atoms with E-state index >= 15 is 0 Å². The molecule has 0 amide bonds. The Kier molecular flexibility index (Phi) is 7.88. The normalized spacial score (nSPS) is 13.6. The summed E-state index contributed by atoms with van der Waals surface area (Å²) in [6.45, 7) is 2.45. The van der Waals surface area contributed by atoms with Crippen molar-refractivity contribution < 1.29 is 32.7 Å². The third-order valence-electron chi connectivity index (χ3n) is 8.21. The quantitative estimate of drug-likeness (QED) is 0.166. The summed E-state index contributed by atoms with van der Waals surface area (Å²) in [5.74, 6) is 0. The van der Waals surface area contributed by atoms with Crippen molar-refractivity contribution in [3.8, 4) is 33.6 Å². The molecule has 0 aliphatic carbocycles. The molecule has 0 spiro atoms. The van der Waals surface area contributed by atoms with Gasteiger partial charge in [0.25, 0.3) is 0 Å². The number of aryl methyl sites for hydroxylation is 2. The number of rotatable bonds is 4. The number of aromatic nitrogens is 2. The summed E-state index contributed by atoms with van der Waals surface area (Å²) in [7, 11) is 0. The van der Waals surface area contributed by atoms with Crippen LogP contribution in [0.3, 0.4) is 0 Å². The third kappa shape index (κ3) is 7.57. The molecule has 8 rings (SSSR count). The van der Waals surface area contributed by atoms with E-state index in [0.717, 1.165) is 39.8 Å². The average Bonchev–Trinajstić information content (AvgIpc) is 3.53. The SMILES string of the molecule is CC(C)(C)Cc1ccnc(-c2[c-]cc(-c3cccc4c3ccc3oc5ccccc5c34)cc2)c1.[2H]C([2H])([2H])c1c[c-]c(-c2ccc(C([2H])([2H])[2H])cn2)cc1.[Ir]. The van der Waals surface area contributed by atoms with E-state index in [1.165, 1.54) is 51.7 Å². The van der Waals surface area contributed by atoms with Crippen LogP contribution in [0.25, 0.3) is 66.4 Å². The Hall–Kier alpha value is -4.89. The molecule has 3 aromatic heterocycles. The molecule has 0 aliphatic rings. The van der Waals surface area contributed by atoms with Crippen molar-refractivity contribution in [2.45, 2.75) is 40.9 Å². The fraction of sp³-hybridized carbons (Fsp3) is 0.156. The van der Waals surface area contributed by atoms with Crippen molar-refractivity contribution in [1.29, 1.82) is 0 Å². The predicted molar refractivity (Wildman–Crippen MR) is 200 cm³/mol. The molecule has 8 aromatic rings. The Bertz CT molecular complexity index is 2510. The zero-order chi connectivity index (χ0) is 38.3. The first-order valence-corrected chi connectivity index (χ1v) is 15.9. The predicted octanol–water partition coefficient (Wildman–Crippen LogP) is 12.0. The molecule has 4 heteroatoms. The molecule has 0 bridgehead atoms. The van der Waals surface area contributed by atoms with E-state index in [4.69, 9.17) is 12.6 Å². The van der Waals surface area contributed by atoms with Gasteiger partial charge in [0.2, 0.25) is 0 Å². The van der Waals surface area contributed by atoms with Crippen LogP contribution in [-0.4, -0.2) is 9.97 Å². The Labute approximate surface area is 310 Å². The van der Waals surface area contributed by atoms with Crippen molar-refractivity contribution in [2.24, 2.45) is 5.41 Å². The van der Waals surface area contributed by atoms with Gasteiger partial charge >= 0.3 is 0 Å². The van der Waals surface area contributed by atoms with Gasteiger partial charge in [0.1, 0.15) is 11.2 Å². The van der Waals surface area contributed by atoms with Crippen LogP contribution < -0.4 is 0 Å². The molecular formula is C45H38IrN2O-2. The number of benzene rings is 5. The zero-order valence-corrected chi connectivity index (χ0v) is 29.9. The Morgan fingerprint density at radius 3 is 2.18 bits per heavy atom. The van der Waals surface area contributed by atoms with Gasteiger partial charge in [-0.3, -0.25) is 0 Å². The van der Waals surface area contributed by atoms with Gasteiger partial charge < -0.3 is 14.4 Å². The summed E-state index contributed by atoms with van der Waals surface area (Å²) in [4.78, 5) is 8.68. The summed E-state index contributed by atoms with van der Waals surface area (Å²) < 4.78 is 49.7. The third-order valence-corrected chi connectivity index (χ3v) is 8.21. The maximum atomic E-state index is 7.28. The van der Waals surface area contributed by atoms with E-state index in [2.05, 4.69) is 116 Å². The van der Waals surface area contributed by atoms with Crippen molar-refractivity contribution in [3.05, 3.63) is 156 Å². The van der Waals surface area contributed by atoms with Gasteiger partial charge in [-0.25, -0.2) is 0 Å². The molecule has 0 saturated heterocycles. The molecule has 1 radical (unpaired) electrons. The number of hydrogen-bond acceptors (Lipinski definition) is 3. The van der Waals surface area contributed by atoms with Gasteiger partial charge in [0, 0.05) is 51.5 Å². The van der Waals surface area contributed by atoms with Crippen molar-refractivity contribution in [1.82, 2.24) is 9.97 Å². The first-order valence-electron chi connectivity index (χ1n) is 18.9. The molecule has 0 aliphatic heterocycles. The maximum absolute atomic E-state index is 7.28. The fourth-order valence-electron chi connectivity index (χ4n) is 6.07. The molecular weight excluding hydrogens is 777 g/mol. The summed E-state index contributed by atoms with van der Waals surface area (Å²) in [6.07, 6.45) is 4.23. The molecule has 3 nitrogen and oxygen atoms in total. The minimum Gasteiger partial charge on any atom is -0.456 e. The van der Waals surface area contributed by atoms with E-state index in [0.29, 0.717) is 11.3 Å². The smallest absolute Gasteiger partial charge is 0.136 e. The monoisotopic (exact) mass is 821 g/mol. The molecule has 0 fully saturated rings. The van der Waals surface area contributed by atoms with E-state index in [1.807, 2.05) is 18.3 Å². The molecule has 245 valence electrons. The number of nitrogens with zero attached hydrogens (tertiary/aromatic N) is 2. The van der Waals surface area contributed by atoms with Gasteiger partial charge in [0.15, 0.2) is 0 Å². The topological polar surface area (TPSA) is 38.9 Å². The fourth-order valence-corrected chi connectivity index (χ4v) is 6.07. The van der Waals surface area contributed by atoms with Crippen LogP contribution in [0, 0.1) is 31.3 Å². The number of fused-ring (bicyclic) bond motifs is 5. The molecule has 0 unspecified atom stereocenters. The first kappa shape index (κ1) is 27.0. The second-order valence-electron chi connectivity index (χ2n) is 13.1. The van der Waals surface area contributed by atoms with Crippen molar-refractivity contribution in [3.63, 3.8) is 0 Å². The van der Waals surface area contributed by atoms with Crippen LogP contribution in [0.15, 0.2) is 132 Å². The number of hydrogen-bond donors (Lipinski definition) is 0. The summed E-state index contributed by atoms with van der Waals surface area (Å²) >= 11 is 0. The zero-order valence-electron chi connectivity index (χ0n) is 33.5. The number of para-hydroxylation sites is 1. The molecule has 3 heterocycles. The molecule has 0 N–H and O–H groups in total. The Morgan fingerprint density at radius 2 is 1.45 bits per heavy atom. The van der Waals surface area contributed by atoms with Crippen molar-refractivity contribution in [2.75, 3.05) is 0 Å². The van der Waals surface area contributed by atoms with Gasteiger partial charge in [-0.15, -0.1) is 65.2 Å². The molecule has 49 heavy (non-hydrogen) atoms. The van der Waals surface area contributed by atoms with Crippen LogP contribution >= 0.6 is 0 Å². The first-order chi connectivity index (χ1) is 25.6. The minimum absolute atomic E-state index is 0. The minimum atomic E-state index is -2.18. The van der Waals surface area contributed by atoms with E-state index in [9.17, 15) is 0 Å². The molecule has 0 saturated carbocycles. The van der Waals surface area contributed by atoms with Crippen molar-refractivity contribution >= 4 is 32.7 Å². The van der Waals surface area contributed by atoms with Gasteiger partial charge in [-0.2, -0.15) is 0 Å². The van der Waals surface area contributed by atoms with E-state index < -0.39 is 13.7 Å².